The van der Waals surface area contributed by atoms with Gasteiger partial charge in [0.2, 0.25) is 0 Å². The van der Waals surface area contributed by atoms with Crippen LogP contribution < -0.4 is 4.74 Å². The Morgan fingerprint density at radius 1 is 1.21 bits per heavy atom. The maximum atomic E-state index is 10.3. The van der Waals surface area contributed by atoms with Crippen LogP contribution in [0.5, 0.6) is 5.75 Å². The number of aryl methyl sites for hydroxylation is 1. The van der Waals surface area contributed by atoms with Crippen LogP contribution in [0.2, 0.25) is 0 Å². The van der Waals surface area contributed by atoms with Gasteiger partial charge in [0, 0.05) is 29.2 Å². The minimum absolute atomic E-state index is 0.646. The van der Waals surface area contributed by atoms with Crippen molar-refractivity contribution >= 4 is 0 Å². The topological polar surface area (TPSA) is 55.2 Å². The van der Waals surface area contributed by atoms with Crippen molar-refractivity contribution in [3.63, 3.8) is 0 Å². The fourth-order valence-corrected chi connectivity index (χ4v) is 1.72. The normalized spacial score (nSPS) is 12.2. The van der Waals surface area contributed by atoms with Crippen LogP contribution in [0.15, 0.2) is 36.8 Å². The number of aliphatic hydroxyl groups excluding tert-OH is 1. The van der Waals surface area contributed by atoms with E-state index in [9.17, 15) is 5.11 Å². The molecule has 0 aliphatic rings. The summed E-state index contributed by atoms with van der Waals surface area (Å²) in [5, 5.41) is 10.3. The Balaban J connectivity index is 2.18. The number of aromatic nitrogens is 2. The van der Waals surface area contributed by atoms with Crippen LogP contribution in [0.3, 0.4) is 0 Å². The van der Waals surface area contributed by atoms with Crippen molar-refractivity contribution in [3.8, 4) is 5.75 Å². The average molecular weight is 258 g/mol. The molecule has 2 aromatic heterocycles. The van der Waals surface area contributed by atoms with E-state index in [0.29, 0.717) is 17.9 Å². The molecule has 0 saturated carbocycles. The number of hydrogen-bond acceptors (Lipinski definition) is 4. The quantitative estimate of drug-likeness (QED) is 0.895. The number of ether oxygens (including phenoxy) is 1. The van der Waals surface area contributed by atoms with Crippen LogP contribution in [-0.4, -0.2) is 21.7 Å². The van der Waals surface area contributed by atoms with Gasteiger partial charge in [-0.25, -0.2) is 0 Å². The highest BCUT2D eigenvalue weighted by Crippen LogP contribution is 2.23. The summed E-state index contributed by atoms with van der Waals surface area (Å²) < 4.78 is 5.51. The minimum atomic E-state index is -0.731. The highest BCUT2D eigenvalue weighted by molar-refractivity contribution is 5.31. The molecule has 1 unspecified atom stereocenters. The molecular weight excluding hydrogens is 240 g/mol. The van der Waals surface area contributed by atoms with Gasteiger partial charge < -0.3 is 9.84 Å². The molecule has 0 aliphatic carbocycles. The molecule has 0 spiro atoms. The first-order valence-corrected chi connectivity index (χ1v) is 6.39. The third-order valence-electron chi connectivity index (χ3n) is 2.77. The summed E-state index contributed by atoms with van der Waals surface area (Å²) in [5.41, 5.74) is 2.38. The van der Waals surface area contributed by atoms with E-state index in [2.05, 4.69) is 9.97 Å². The zero-order chi connectivity index (χ0) is 13.7. The Kier molecular flexibility index (Phi) is 4.47. The lowest BCUT2D eigenvalue weighted by Gasteiger charge is -2.12. The summed E-state index contributed by atoms with van der Waals surface area (Å²) >= 11 is 0. The third-order valence-corrected chi connectivity index (χ3v) is 2.77. The van der Waals surface area contributed by atoms with Crippen LogP contribution in [0.1, 0.15) is 36.3 Å². The highest BCUT2D eigenvalue weighted by atomic mass is 16.5. The van der Waals surface area contributed by atoms with Gasteiger partial charge in [0.25, 0.3) is 0 Å². The lowest BCUT2D eigenvalue weighted by atomic mass is 10.0. The van der Waals surface area contributed by atoms with Crippen LogP contribution >= 0.6 is 0 Å². The summed E-state index contributed by atoms with van der Waals surface area (Å²) in [4.78, 5) is 8.28. The second-order valence-electron chi connectivity index (χ2n) is 4.44. The largest absolute Gasteiger partial charge is 0.492 e. The average Bonchev–Trinajstić information content (AvgIpc) is 2.45. The summed E-state index contributed by atoms with van der Waals surface area (Å²) in [7, 11) is 0. The fourth-order valence-electron chi connectivity index (χ4n) is 1.72. The molecule has 2 aromatic rings. The van der Waals surface area contributed by atoms with Crippen molar-refractivity contribution in [1.29, 1.82) is 0 Å². The monoisotopic (exact) mass is 258 g/mol. The molecule has 4 heteroatoms. The fraction of sp³-hybridized carbons (Fsp3) is 0.333. The highest BCUT2D eigenvalue weighted by Gasteiger charge is 2.12. The van der Waals surface area contributed by atoms with Gasteiger partial charge in [-0.05, 0) is 25.5 Å². The number of aliphatic hydroxyl groups is 1. The number of pyridine rings is 2. The van der Waals surface area contributed by atoms with Gasteiger partial charge in [-0.2, -0.15) is 0 Å². The molecule has 0 aromatic carbocycles. The Hall–Kier alpha value is -1.94. The van der Waals surface area contributed by atoms with E-state index in [1.54, 1.807) is 18.6 Å². The smallest absolute Gasteiger partial charge is 0.137 e. The van der Waals surface area contributed by atoms with Crippen LogP contribution in [0.4, 0.5) is 0 Å². The molecule has 0 fully saturated rings. The number of hydrogen-bond donors (Lipinski definition) is 1. The Morgan fingerprint density at radius 2 is 2.05 bits per heavy atom. The molecular formula is C15H18N2O2. The molecule has 2 rings (SSSR count). The van der Waals surface area contributed by atoms with Gasteiger partial charge >= 0.3 is 0 Å². The predicted molar refractivity (Wildman–Crippen MR) is 73.1 cm³/mol. The van der Waals surface area contributed by atoms with Crippen molar-refractivity contribution in [2.24, 2.45) is 0 Å². The zero-order valence-corrected chi connectivity index (χ0v) is 11.2. The van der Waals surface area contributed by atoms with Gasteiger partial charge in [-0.1, -0.05) is 13.0 Å². The van der Waals surface area contributed by atoms with Gasteiger partial charge in [-0.3, -0.25) is 9.97 Å². The Bertz CT molecular complexity index is 526. The Morgan fingerprint density at radius 3 is 2.74 bits per heavy atom. The summed E-state index contributed by atoms with van der Waals surface area (Å²) in [6, 6.07) is 5.56. The maximum Gasteiger partial charge on any atom is 0.137 e. The van der Waals surface area contributed by atoms with Gasteiger partial charge in [0.05, 0.1) is 12.8 Å². The van der Waals surface area contributed by atoms with Crippen molar-refractivity contribution in [1.82, 2.24) is 9.97 Å². The molecule has 4 nitrogen and oxygen atoms in total. The summed E-state index contributed by atoms with van der Waals surface area (Å²) in [6.45, 7) is 4.61. The minimum Gasteiger partial charge on any atom is -0.492 e. The molecule has 1 N–H and O–H groups in total. The van der Waals surface area contributed by atoms with Gasteiger partial charge in [0.1, 0.15) is 11.9 Å². The molecule has 19 heavy (non-hydrogen) atoms. The molecule has 0 amide bonds. The van der Waals surface area contributed by atoms with E-state index >= 15 is 0 Å². The van der Waals surface area contributed by atoms with E-state index in [1.807, 2.05) is 32.0 Å². The molecule has 0 radical (unpaired) electrons. The first-order valence-electron chi connectivity index (χ1n) is 6.39. The van der Waals surface area contributed by atoms with E-state index in [4.69, 9.17) is 4.74 Å². The summed E-state index contributed by atoms with van der Waals surface area (Å²) in [6.07, 6.45) is 5.18. The third kappa shape index (κ3) is 3.51. The number of rotatable bonds is 5. The molecule has 0 saturated heterocycles. The van der Waals surface area contributed by atoms with E-state index in [-0.39, 0.29) is 0 Å². The SMILES string of the molecule is CCCOc1cncc(C(O)c2ccc(C)nc2)c1. The van der Waals surface area contributed by atoms with E-state index in [1.165, 1.54) is 0 Å². The van der Waals surface area contributed by atoms with Crippen molar-refractivity contribution in [2.45, 2.75) is 26.4 Å². The second-order valence-corrected chi connectivity index (χ2v) is 4.44. The lowest BCUT2D eigenvalue weighted by Crippen LogP contribution is -2.03. The zero-order valence-electron chi connectivity index (χ0n) is 11.2. The van der Waals surface area contributed by atoms with Crippen molar-refractivity contribution in [3.05, 3.63) is 53.6 Å². The molecule has 0 bridgehead atoms. The van der Waals surface area contributed by atoms with Gasteiger partial charge in [-0.15, -0.1) is 0 Å². The first kappa shape index (κ1) is 13.5. The molecule has 1 atom stereocenters. The predicted octanol–water partition coefficient (Wildman–Crippen LogP) is 2.66. The second kappa shape index (κ2) is 6.29. The van der Waals surface area contributed by atoms with Crippen LogP contribution in [-0.2, 0) is 0 Å². The maximum absolute atomic E-state index is 10.3. The van der Waals surface area contributed by atoms with Gasteiger partial charge in [0.15, 0.2) is 0 Å². The first-order chi connectivity index (χ1) is 9.20. The van der Waals surface area contributed by atoms with E-state index in [0.717, 1.165) is 17.7 Å². The van der Waals surface area contributed by atoms with Crippen LogP contribution in [0, 0.1) is 6.92 Å². The number of nitrogens with zero attached hydrogens (tertiary/aromatic N) is 2. The molecule has 0 aliphatic heterocycles. The van der Waals surface area contributed by atoms with Crippen molar-refractivity contribution < 1.29 is 9.84 Å². The standard InChI is InChI=1S/C15H18N2O2/c1-3-6-19-14-7-13(8-16-10-14)15(18)12-5-4-11(2)17-9-12/h4-5,7-10,15,18H,3,6H2,1-2H3. The van der Waals surface area contributed by atoms with Crippen molar-refractivity contribution in [2.75, 3.05) is 6.61 Å². The molecule has 2 heterocycles. The Labute approximate surface area is 113 Å². The van der Waals surface area contributed by atoms with E-state index < -0.39 is 6.10 Å². The summed E-state index contributed by atoms with van der Waals surface area (Å²) in [5.74, 6) is 0.679. The lowest BCUT2D eigenvalue weighted by molar-refractivity contribution is 0.218. The molecule has 100 valence electrons. The van der Waals surface area contributed by atoms with Crippen LogP contribution in [0.25, 0.3) is 0 Å².